The summed E-state index contributed by atoms with van der Waals surface area (Å²) in [4.78, 5) is 12.2. The van der Waals surface area contributed by atoms with Crippen LogP contribution in [0.25, 0.3) is 0 Å². The molecule has 0 atom stereocenters. The van der Waals surface area contributed by atoms with Gasteiger partial charge in [0.1, 0.15) is 5.75 Å². The van der Waals surface area contributed by atoms with Crippen LogP contribution in [0.4, 0.5) is 0 Å². The first-order valence-electron chi connectivity index (χ1n) is 9.08. The van der Waals surface area contributed by atoms with Crippen molar-refractivity contribution in [2.45, 2.75) is 77.2 Å². The molecule has 1 fully saturated rings. The fourth-order valence-electron chi connectivity index (χ4n) is 3.10. The second-order valence-corrected chi connectivity index (χ2v) is 8.65. The summed E-state index contributed by atoms with van der Waals surface area (Å²) < 4.78 is 6.60. The molecule has 0 unspecified atom stereocenters. The first-order valence-corrected chi connectivity index (χ1v) is 9.88. The number of benzene rings is 1. The van der Waals surface area contributed by atoms with Crippen LogP contribution in [0.15, 0.2) is 22.7 Å². The second-order valence-electron chi connectivity index (χ2n) is 7.79. The predicted molar refractivity (Wildman–Crippen MR) is 103 cm³/mol. The molecule has 0 radical (unpaired) electrons. The number of rotatable bonds is 4. The van der Waals surface area contributed by atoms with Crippen molar-refractivity contribution in [2.24, 2.45) is 0 Å². The first kappa shape index (κ1) is 19.3. The van der Waals surface area contributed by atoms with Gasteiger partial charge in [0.15, 0.2) is 6.61 Å². The molecule has 1 aliphatic rings. The largest absolute Gasteiger partial charge is 0.483 e. The van der Waals surface area contributed by atoms with Gasteiger partial charge in [0, 0.05) is 6.04 Å². The number of nitrogens with one attached hydrogen (secondary N) is 1. The third kappa shape index (κ3) is 6.12. The molecule has 1 aliphatic carbocycles. The molecule has 0 heterocycles. The molecule has 0 aromatic heterocycles. The molecule has 4 heteroatoms. The second kappa shape index (κ2) is 8.89. The molecule has 24 heavy (non-hydrogen) atoms. The Morgan fingerprint density at radius 2 is 1.79 bits per heavy atom. The van der Waals surface area contributed by atoms with Crippen LogP contribution in [0.3, 0.4) is 0 Å². The third-order valence-electron chi connectivity index (χ3n) is 4.63. The molecule has 134 valence electrons. The van der Waals surface area contributed by atoms with Crippen molar-refractivity contribution < 1.29 is 9.53 Å². The summed E-state index contributed by atoms with van der Waals surface area (Å²) in [6, 6.07) is 6.39. The van der Waals surface area contributed by atoms with E-state index in [1.165, 1.54) is 37.7 Å². The van der Waals surface area contributed by atoms with Crippen molar-refractivity contribution >= 4 is 21.8 Å². The van der Waals surface area contributed by atoms with Gasteiger partial charge in [-0.15, -0.1) is 0 Å². The summed E-state index contributed by atoms with van der Waals surface area (Å²) in [5.41, 5.74) is 1.33. The topological polar surface area (TPSA) is 38.3 Å². The zero-order valence-electron chi connectivity index (χ0n) is 15.2. The SMILES string of the molecule is CC(C)(C)c1ccc(OCC(=O)NC2CCCCCCC2)c(Br)c1. The van der Waals surface area contributed by atoms with Crippen molar-refractivity contribution in [3.63, 3.8) is 0 Å². The molecule has 1 saturated carbocycles. The number of amides is 1. The van der Waals surface area contributed by atoms with E-state index in [-0.39, 0.29) is 17.9 Å². The smallest absolute Gasteiger partial charge is 0.258 e. The highest BCUT2D eigenvalue weighted by molar-refractivity contribution is 9.10. The quantitative estimate of drug-likeness (QED) is 0.745. The van der Waals surface area contributed by atoms with Crippen molar-refractivity contribution in [1.29, 1.82) is 0 Å². The Morgan fingerprint density at radius 3 is 2.38 bits per heavy atom. The summed E-state index contributed by atoms with van der Waals surface area (Å²) in [5.74, 6) is 0.697. The molecule has 1 N–H and O–H groups in total. The van der Waals surface area contributed by atoms with E-state index in [1.807, 2.05) is 6.07 Å². The lowest BCUT2D eigenvalue weighted by atomic mass is 9.87. The average molecular weight is 396 g/mol. The van der Waals surface area contributed by atoms with Gasteiger partial charge >= 0.3 is 0 Å². The van der Waals surface area contributed by atoms with Gasteiger partial charge in [-0.3, -0.25) is 4.79 Å². The van der Waals surface area contributed by atoms with E-state index in [4.69, 9.17) is 4.74 Å². The van der Waals surface area contributed by atoms with Crippen LogP contribution in [-0.2, 0) is 10.2 Å². The summed E-state index contributed by atoms with van der Waals surface area (Å²) in [7, 11) is 0. The molecule has 1 amide bonds. The number of carbonyl (C=O) groups excluding carboxylic acids is 1. The number of hydrogen-bond acceptors (Lipinski definition) is 2. The molecular formula is C20H30BrNO2. The van der Waals surface area contributed by atoms with Gasteiger partial charge in [0.25, 0.3) is 5.91 Å². The van der Waals surface area contributed by atoms with E-state index in [0.29, 0.717) is 6.04 Å². The minimum absolute atomic E-state index is 0.0210. The maximum absolute atomic E-state index is 12.2. The summed E-state index contributed by atoms with van der Waals surface area (Å²) in [6.45, 7) is 6.61. The van der Waals surface area contributed by atoms with E-state index in [9.17, 15) is 4.79 Å². The fraction of sp³-hybridized carbons (Fsp3) is 0.650. The van der Waals surface area contributed by atoms with Gasteiger partial charge in [0.2, 0.25) is 0 Å². The molecule has 3 nitrogen and oxygen atoms in total. The minimum Gasteiger partial charge on any atom is -0.483 e. The number of halogens is 1. The van der Waals surface area contributed by atoms with Gasteiger partial charge in [-0.25, -0.2) is 0 Å². The molecule has 1 aromatic rings. The lowest BCUT2D eigenvalue weighted by Gasteiger charge is -2.22. The zero-order chi connectivity index (χ0) is 17.6. The molecule has 1 aromatic carbocycles. The van der Waals surface area contributed by atoms with Crippen LogP contribution in [0.5, 0.6) is 5.75 Å². The van der Waals surface area contributed by atoms with Gasteiger partial charge in [-0.1, -0.05) is 58.9 Å². The Bertz CT molecular complexity index is 543. The van der Waals surface area contributed by atoms with Crippen molar-refractivity contribution in [3.8, 4) is 5.75 Å². The highest BCUT2D eigenvalue weighted by atomic mass is 79.9. The standard InChI is InChI=1S/C20H30BrNO2/c1-20(2,3)15-11-12-18(17(21)13-15)24-14-19(23)22-16-9-7-5-4-6-8-10-16/h11-13,16H,4-10,14H2,1-3H3,(H,22,23). The highest BCUT2D eigenvalue weighted by Gasteiger charge is 2.17. The Kier molecular flexibility index (Phi) is 7.15. The third-order valence-corrected chi connectivity index (χ3v) is 5.25. The number of hydrogen-bond donors (Lipinski definition) is 1. The van der Waals surface area contributed by atoms with Gasteiger partial charge in [-0.05, 0) is 51.9 Å². The highest BCUT2D eigenvalue weighted by Crippen LogP contribution is 2.31. The molecule has 2 rings (SSSR count). The van der Waals surface area contributed by atoms with Crippen molar-refractivity contribution in [3.05, 3.63) is 28.2 Å². The van der Waals surface area contributed by atoms with Gasteiger partial charge in [-0.2, -0.15) is 0 Å². The molecular weight excluding hydrogens is 366 g/mol. The van der Waals surface area contributed by atoms with Gasteiger partial charge in [0.05, 0.1) is 4.47 Å². The average Bonchev–Trinajstić information content (AvgIpc) is 2.47. The first-order chi connectivity index (χ1) is 11.4. The van der Waals surface area contributed by atoms with Crippen LogP contribution in [0.2, 0.25) is 0 Å². The molecule has 0 bridgehead atoms. The maximum atomic E-state index is 12.2. The molecule has 0 aliphatic heterocycles. The summed E-state index contributed by atoms with van der Waals surface area (Å²) in [6.07, 6.45) is 8.52. The monoisotopic (exact) mass is 395 g/mol. The Hall–Kier alpha value is -1.03. The summed E-state index contributed by atoms with van der Waals surface area (Å²) in [5, 5.41) is 3.13. The Morgan fingerprint density at radius 1 is 1.17 bits per heavy atom. The van der Waals surface area contributed by atoms with E-state index in [0.717, 1.165) is 23.1 Å². The Labute approximate surface area is 154 Å². The molecule has 0 saturated heterocycles. The van der Waals surface area contributed by atoms with Gasteiger partial charge < -0.3 is 10.1 Å². The summed E-state index contributed by atoms with van der Waals surface area (Å²) >= 11 is 3.55. The minimum atomic E-state index is -0.0210. The predicted octanol–water partition coefficient (Wildman–Crippen LogP) is 5.35. The van der Waals surface area contributed by atoms with Crippen LogP contribution in [0.1, 0.15) is 71.3 Å². The fourth-order valence-corrected chi connectivity index (χ4v) is 3.59. The number of carbonyl (C=O) groups is 1. The zero-order valence-corrected chi connectivity index (χ0v) is 16.7. The lowest BCUT2D eigenvalue weighted by Crippen LogP contribution is -2.38. The van der Waals surface area contributed by atoms with E-state index >= 15 is 0 Å². The normalized spacial score (nSPS) is 17.0. The maximum Gasteiger partial charge on any atom is 0.258 e. The van der Waals surface area contributed by atoms with Crippen LogP contribution < -0.4 is 10.1 Å². The number of ether oxygens (including phenoxy) is 1. The van der Waals surface area contributed by atoms with Crippen molar-refractivity contribution in [2.75, 3.05) is 6.61 Å². The molecule has 0 spiro atoms. The lowest BCUT2D eigenvalue weighted by molar-refractivity contribution is -0.123. The van der Waals surface area contributed by atoms with E-state index < -0.39 is 0 Å². The van der Waals surface area contributed by atoms with Crippen LogP contribution in [-0.4, -0.2) is 18.6 Å². The Balaban J connectivity index is 1.85. The van der Waals surface area contributed by atoms with Crippen molar-refractivity contribution in [1.82, 2.24) is 5.32 Å². The van der Waals surface area contributed by atoms with E-state index in [1.54, 1.807) is 0 Å². The van der Waals surface area contributed by atoms with Crippen LogP contribution in [0, 0.1) is 0 Å². The van der Waals surface area contributed by atoms with Crippen LogP contribution >= 0.6 is 15.9 Å². The van der Waals surface area contributed by atoms with E-state index in [2.05, 4.69) is 54.2 Å².